The maximum Gasteiger partial charge on any atom is 0.404 e. The molecule has 0 aliphatic heterocycles. The number of nitro groups is 2. The second kappa shape index (κ2) is 4.88. The van der Waals surface area contributed by atoms with Gasteiger partial charge in [0, 0.05) is 18.7 Å². The number of hydrogen-bond donors (Lipinski definition) is 2. The van der Waals surface area contributed by atoms with E-state index in [1.54, 1.807) is 0 Å². The molecule has 1 amide bonds. The van der Waals surface area contributed by atoms with Crippen molar-refractivity contribution in [3.8, 4) is 0 Å². The molecule has 0 bridgehead atoms. The predicted molar refractivity (Wildman–Crippen MR) is 54.6 cm³/mol. The fourth-order valence-electron chi connectivity index (χ4n) is 1.15. The Hall–Kier alpha value is -2.71. The molecule has 1 rings (SSSR count). The summed E-state index contributed by atoms with van der Waals surface area (Å²) in [5.41, 5.74) is -0.768. The fraction of sp³-hybridized carbons (Fsp3) is 0.125. The molecule has 0 unspecified atom stereocenters. The molecule has 0 aliphatic carbocycles. The van der Waals surface area contributed by atoms with E-state index in [2.05, 4.69) is 0 Å². The average molecular weight is 241 g/mol. The Kier molecular flexibility index (Phi) is 3.55. The van der Waals surface area contributed by atoms with Gasteiger partial charge in [0.05, 0.1) is 15.9 Å². The van der Waals surface area contributed by atoms with Gasteiger partial charge in [0.15, 0.2) is 0 Å². The van der Waals surface area contributed by atoms with Crippen molar-refractivity contribution in [1.29, 1.82) is 0 Å². The zero-order valence-corrected chi connectivity index (χ0v) is 8.32. The Labute approximate surface area is 94.0 Å². The van der Waals surface area contributed by atoms with Gasteiger partial charge in [0.2, 0.25) is 0 Å². The first-order valence-corrected chi connectivity index (χ1v) is 4.29. The molecule has 0 aromatic heterocycles. The van der Waals surface area contributed by atoms with E-state index in [1.807, 2.05) is 5.32 Å². The molecule has 0 fully saturated rings. The maximum absolute atomic E-state index is 10.5. The number of nitro benzene ring substituents is 2. The molecule has 0 heterocycles. The van der Waals surface area contributed by atoms with Gasteiger partial charge in [0.25, 0.3) is 11.4 Å². The van der Waals surface area contributed by atoms with Crippen LogP contribution < -0.4 is 5.32 Å². The summed E-state index contributed by atoms with van der Waals surface area (Å²) >= 11 is 0. The van der Waals surface area contributed by atoms with Crippen molar-refractivity contribution in [3.63, 3.8) is 0 Å². The molecular weight excluding hydrogens is 234 g/mol. The number of nitrogens with one attached hydrogen (secondary N) is 1. The number of non-ortho nitro benzene ring substituents is 2. The number of nitrogens with zero attached hydrogens (tertiary/aromatic N) is 2. The van der Waals surface area contributed by atoms with Crippen molar-refractivity contribution in [2.75, 3.05) is 0 Å². The first-order valence-electron chi connectivity index (χ1n) is 4.29. The SMILES string of the molecule is O=C(O)NCc1cc([N+](=O)[O-])cc([N+](=O)[O-])c1. The normalized spacial score (nSPS) is 9.65. The molecule has 0 radical (unpaired) electrons. The van der Waals surface area contributed by atoms with E-state index in [0.717, 1.165) is 18.2 Å². The highest BCUT2D eigenvalue weighted by Crippen LogP contribution is 2.22. The molecule has 17 heavy (non-hydrogen) atoms. The van der Waals surface area contributed by atoms with Crippen molar-refractivity contribution < 1.29 is 19.7 Å². The Morgan fingerprint density at radius 2 is 1.65 bits per heavy atom. The van der Waals surface area contributed by atoms with Crippen molar-refractivity contribution in [2.24, 2.45) is 0 Å². The van der Waals surface area contributed by atoms with E-state index in [-0.39, 0.29) is 12.1 Å². The van der Waals surface area contributed by atoms with Crippen LogP contribution in [0.15, 0.2) is 18.2 Å². The number of rotatable bonds is 4. The zero-order chi connectivity index (χ0) is 13.0. The largest absolute Gasteiger partial charge is 0.465 e. The summed E-state index contributed by atoms with van der Waals surface area (Å²) in [5.74, 6) is 0. The molecule has 0 atom stereocenters. The Balaban J connectivity index is 3.08. The molecular formula is C8H7N3O6. The minimum absolute atomic E-state index is 0.147. The summed E-state index contributed by atoms with van der Waals surface area (Å²) < 4.78 is 0. The van der Waals surface area contributed by atoms with E-state index in [4.69, 9.17) is 5.11 Å². The van der Waals surface area contributed by atoms with Crippen LogP contribution in [0.3, 0.4) is 0 Å². The van der Waals surface area contributed by atoms with Crippen LogP contribution >= 0.6 is 0 Å². The van der Waals surface area contributed by atoms with Gasteiger partial charge in [-0.05, 0) is 5.56 Å². The van der Waals surface area contributed by atoms with Gasteiger partial charge in [-0.15, -0.1) is 0 Å². The molecule has 1 aromatic rings. The summed E-state index contributed by atoms with van der Waals surface area (Å²) in [4.78, 5) is 29.7. The molecule has 0 saturated carbocycles. The molecule has 0 aliphatic rings. The predicted octanol–water partition coefficient (Wildman–Crippen LogP) is 1.27. The quantitative estimate of drug-likeness (QED) is 0.601. The highest BCUT2D eigenvalue weighted by molar-refractivity contribution is 5.64. The van der Waals surface area contributed by atoms with Crippen molar-refractivity contribution >= 4 is 17.5 Å². The molecule has 1 aromatic carbocycles. The number of carboxylic acid groups (broad SMARTS) is 1. The molecule has 0 saturated heterocycles. The lowest BCUT2D eigenvalue weighted by Crippen LogP contribution is -2.20. The monoisotopic (exact) mass is 241 g/mol. The van der Waals surface area contributed by atoms with Gasteiger partial charge in [-0.2, -0.15) is 0 Å². The van der Waals surface area contributed by atoms with E-state index >= 15 is 0 Å². The molecule has 0 spiro atoms. The summed E-state index contributed by atoms with van der Waals surface area (Å²) in [6, 6.07) is 2.95. The van der Waals surface area contributed by atoms with Crippen LogP contribution in [-0.2, 0) is 6.54 Å². The third-order valence-electron chi connectivity index (χ3n) is 1.83. The summed E-state index contributed by atoms with van der Waals surface area (Å²) in [5, 5.41) is 31.3. The first-order chi connectivity index (χ1) is 7.90. The van der Waals surface area contributed by atoms with Crippen LogP contribution in [0.5, 0.6) is 0 Å². The van der Waals surface area contributed by atoms with Crippen LogP contribution in [0.2, 0.25) is 0 Å². The topological polar surface area (TPSA) is 136 Å². The maximum atomic E-state index is 10.5. The van der Waals surface area contributed by atoms with Crippen LogP contribution in [0.1, 0.15) is 5.56 Å². The number of hydrogen-bond acceptors (Lipinski definition) is 5. The van der Waals surface area contributed by atoms with Crippen LogP contribution in [-0.4, -0.2) is 21.0 Å². The van der Waals surface area contributed by atoms with E-state index < -0.39 is 27.3 Å². The smallest absolute Gasteiger partial charge is 0.404 e. The molecule has 90 valence electrons. The van der Waals surface area contributed by atoms with E-state index in [9.17, 15) is 25.0 Å². The lowest BCUT2D eigenvalue weighted by atomic mass is 10.2. The zero-order valence-electron chi connectivity index (χ0n) is 8.32. The highest BCUT2D eigenvalue weighted by Gasteiger charge is 2.16. The van der Waals surface area contributed by atoms with Gasteiger partial charge < -0.3 is 10.4 Å². The number of amides is 1. The Morgan fingerprint density at radius 3 is 2.00 bits per heavy atom. The fourth-order valence-corrected chi connectivity index (χ4v) is 1.15. The van der Waals surface area contributed by atoms with Crippen LogP contribution in [0.4, 0.5) is 16.2 Å². The minimum Gasteiger partial charge on any atom is -0.465 e. The Morgan fingerprint density at radius 1 is 1.18 bits per heavy atom. The third-order valence-corrected chi connectivity index (χ3v) is 1.83. The van der Waals surface area contributed by atoms with Gasteiger partial charge in [-0.25, -0.2) is 4.79 Å². The van der Waals surface area contributed by atoms with Crippen molar-refractivity contribution in [2.45, 2.75) is 6.54 Å². The number of carbonyl (C=O) groups is 1. The molecule has 9 nitrogen and oxygen atoms in total. The Bertz CT molecular complexity index is 454. The lowest BCUT2D eigenvalue weighted by Gasteiger charge is -2.01. The van der Waals surface area contributed by atoms with Crippen LogP contribution in [0, 0.1) is 20.2 Å². The standard InChI is InChI=1S/C8H7N3O6/c12-8(13)9-4-5-1-6(10(14)15)3-7(2-5)11(16)17/h1-3,9H,4H2,(H,12,13). The van der Waals surface area contributed by atoms with Gasteiger partial charge in [-0.1, -0.05) is 0 Å². The van der Waals surface area contributed by atoms with E-state index in [0.29, 0.717) is 0 Å². The first kappa shape index (κ1) is 12.4. The number of benzene rings is 1. The summed E-state index contributed by atoms with van der Waals surface area (Å²) in [7, 11) is 0. The van der Waals surface area contributed by atoms with Crippen molar-refractivity contribution in [1.82, 2.24) is 5.32 Å². The van der Waals surface area contributed by atoms with Crippen molar-refractivity contribution in [3.05, 3.63) is 44.0 Å². The van der Waals surface area contributed by atoms with Gasteiger partial charge >= 0.3 is 6.09 Å². The summed E-state index contributed by atoms with van der Waals surface area (Å²) in [6.07, 6.45) is -1.32. The second-order valence-corrected chi connectivity index (χ2v) is 3.03. The highest BCUT2D eigenvalue weighted by atomic mass is 16.6. The lowest BCUT2D eigenvalue weighted by molar-refractivity contribution is -0.394. The second-order valence-electron chi connectivity index (χ2n) is 3.03. The van der Waals surface area contributed by atoms with Gasteiger partial charge in [-0.3, -0.25) is 20.2 Å². The van der Waals surface area contributed by atoms with E-state index in [1.165, 1.54) is 0 Å². The summed E-state index contributed by atoms with van der Waals surface area (Å²) in [6.45, 7) is -0.238. The third kappa shape index (κ3) is 3.41. The average Bonchev–Trinajstić information content (AvgIpc) is 2.25. The van der Waals surface area contributed by atoms with Gasteiger partial charge in [0.1, 0.15) is 0 Å². The molecule has 9 heteroatoms. The minimum atomic E-state index is -1.32. The molecule has 2 N–H and O–H groups in total. The van der Waals surface area contributed by atoms with Crippen LogP contribution in [0.25, 0.3) is 0 Å².